The number of hydrogen-bond donors (Lipinski definition) is 2. The van der Waals surface area contributed by atoms with Crippen molar-refractivity contribution in [2.75, 3.05) is 25.5 Å². The monoisotopic (exact) mass is 401 g/mol. The molecule has 1 amide bonds. The maximum absolute atomic E-state index is 12.0. The Bertz CT molecular complexity index is 756. The molecule has 0 aromatic heterocycles. The van der Waals surface area contributed by atoms with E-state index >= 15 is 0 Å². The highest BCUT2D eigenvalue weighted by Crippen LogP contribution is 2.11. The van der Waals surface area contributed by atoms with Crippen LogP contribution in [0, 0.1) is 5.92 Å². The van der Waals surface area contributed by atoms with Crippen molar-refractivity contribution in [2.24, 2.45) is 21.1 Å². The molecule has 8 heteroatoms. The second-order valence-electron chi connectivity index (χ2n) is 7.02. The van der Waals surface area contributed by atoms with E-state index in [9.17, 15) is 9.59 Å². The van der Waals surface area contributed by atoms with E-state index < -0.39 is 5.97 Å². The first-order valence-corrected chi connectivity index (χ1v) is 9.73. The van der Waals surface area contributed by atoms with Crippen LogP contribution in [-0.4, -0.2) is 60.3 Å². The van der Waals surface area contributed by atoms with E-state index in [1.807, 2.05) is 20.9 Å². The van der Waals surface area contributed by atoms with Gasteiger partial charge in [-0.1, -0.05) is 19.9 Å². The van der Waals surface area contributed by atoms with Crippen molar-refractivity contribution in [3.8, 4) is 0 Å². The van der Waals surface area contributed by atoms with Gasteiger partial charge in [-0.2, -0.15) is 10.2 Å². The van der Waals surface area contributed by atoms with E-state index in [2.05, 4.69) is 20.5 Å². The Labute approximate surface area is 172 Å². The van der Waals surface area contributed by atoms with E-state index in [1.165, 1.54) is 18.3 Å². The van der Waals surface area contributed by atoms with Crippen molar-refractivity contribution in [2.45, 2.75) is 40.0 Å². The Hall–Kier alpha value is -3.03. The number of aromatic carboxylic acids is 1. The van der Waals surface area contributed by atoms with Crippen molar-refractivity contribution in [3.05, 3.63) is 29.8 Å². The molecule has 0 saturated heterocycles. The van der Waals surface area contributed by atoms with Gasteiger partial charge in [-0.15, -0.1) is 0 Å². The summed E-state index contributed by atoms with van der Waals surface area (Å²) in [5, 5.41) is 19.9. The molecule has 158 valence electrons. The van der Waals surface area contributed by atoms with Crippen LogP contribution in [0.4, 0.5) is 5.69 Å². The predicted octanol–water partition coefficient (Wildman–Crippen LogP) is 3.56. The third-order valence-electron chi connectivity index (χ3n) is 3.94. The minimum Gasteiger partial charge on any atom is -0.478 e. The molecule has 1 rings (SSSR count). The van der Waals surface area contributed by atoms with Crippen molar-refractivity contribution >= 4 is 35.8 Å². The zero-order chi connectivity index (χ0) is 21.6. The summed E-state index contributed by atoms with van der Waals surface area (Å²) in [5.74, 6) is 0.0107. The number of amides is 1. The summed E-state index contributed by atoms with van der Waals surface area (Å²) >= 11 is 0. The lowest BCUT2D eigenvalue weighted by atomic mass is 10.1. The summed E-state index contributed by atoms with van der Waals surface area (Å²) in [5.41, 5.74) is 0.793. The summed E-state index contributed by atoms with van der Waals surface area (Å²) in [6.45, 7) is 7.07. The number of aliphatic imine (C=N–C) groups is 1. The Morgan fingerprint density at radius 3 is 2.66 bits per heavy atom. The largest absolute Gasteiger partial charge is 0.478 e. The Balaban J connectivity index is 2.63. The molecular formula is C21H31N5O3. The third kappa shape index (κ3) is 10.2. The van der Waals surface area contributed by atoms with E-state index in [4.69, 9.17) is 5.11 Å². The molecule has 2 N–H and O–H groups in total. The van der Waals surface area contributed by atoms with E-state index in [1.54, 1.807) is 30.2 Å². The van der Waals surface area contributed by atoms with Gasteiger partial charge in [0, 0.05) is 38.5 Å². The van der Waals surface area contributed by atoms with Crippen LogP contribution in [0.15, 0.2) is 39.5 Å². The molecule has 0 spiro atoms. The number of nitrogens with zero attached hydrogens (tertiary/aromatic N) is 4. The van der Waals surface area contributed by atoms with Crippen molar-refractivity contribution in [1.82, 2.24) is 4.90 Å². The third-order valence-corrected chi connectivity index (χ3v) is 3.94. The molecular weight excluding hydrogens is 370 g/mol. The van der Waals surface area contributed by atoms with Gasteiger partial charge in [0.1, 0.15) is 5.84 Å². The van der Waals surface area contributed by atoms with Gasteiger partial charge in [0.05, 0.1) is 11.8 Å². The normalized spacial score (nSPS) is 12.1. The minimum absolute atomic E-state index is 0.161. The highest BCUT2D eigenvalue weighted by atomic mass is 16.4. The zero-order valence-corrected chi connectivity index (χ0v) is 17.6. The van der Waals surface area contributed by atoms with Gasteiger partial charge in [0.15, 0.2) is 0 Å². The second kappa shape index (κ2) is 13.2. The number of nitrogens with one attached hydrogen (secondary N) is 1. The number of unbranched alkanes of at least 4 members (excludes halogenated alkanes) is 1. The molecule has 0 unspecified atom stereocenters. The molecule has 0 atom stereocenters. The maximum Gasteiger partial charge on any atom is 0.335 e. The number of hydrogen-bond acceptors (Lipinski definition) is 5. The summed E-state index contributed by atoms with van der Waals surface area (Å²) in [7, 11) is 1.83. The summed E-state index contributed by atoms with van der Waals surface area (Å²) in [6, 6.07) is 6.48. The van der Waals surface area contributed by atoms with E-state index in [0.29, 0.717) is 37.0 Å². The van der Waals surface area contributed by atoms with Crippen molar-refractivity contribution in [1.29, 1.82) is 0 Å². The molecule has 0 bridgehead atoms. The standard InChI is InChI=1S/C21H31N5O3/c1-5-23-24-15-19(25-18-10-8-9-17(14-18)21(28)29)22-11-6-7-12-26(4)20(27)13-16(2)3/h5,8-10,14-16H,6-7,11-13H2,1-4H3,(H,22,25)(H,28,29)/b23-5+,24-15+. The number of carbonyl (C=O) groups is 2. The molecule has 1 aromatic rings. The Morgan fingerprint density at radius 1 is 1.24 bits per heavy atom. The van der Waals surface area contributed by atoms with Crippen LogP contribution in [0.3, 0.4) is 0 Å². The molecule has 0 radical (unpaired) electrons. The van der Waals surface area contributed by atoms with Gasteiger partial charge < -0.3 is 15.3 Å². The minimum atomic E-state index is -0.993. The second-order valence-corrected chi connectivity index (χ2v) is 7.02. The van der Waals surface area contributed by atoms with Crippen LogP contribution in [0.2, 0.25) is 0 Å². The van der Waals surface area contributed by atoms with Crippen LogP contribution < -0.4 is 5.32 Å². The molecule has 0 fully saturated rings. The fraction of sp³-hybridized carbons (Fsp3) is 0.476. The summed E-state index contributed by atoms with van der Waals surface area (Å²) < 4.78 is 0. The molecule has 0 aliphatic carbocycles. The highest BCUT2D eigenvalue weighted by molar-refractivity contribution is 6.34. The smallest absolute Gasteiger partial charge is 0.335 e. The fourth-order valence-corrected chi connectivity index (χ4v) is 2.44. The predicted molar refractivity (Wildman–Crippen MR) is 118 cm³/mol. The van der Waals surface area contributed by atoms with Crippen LogP contribution in [-0.2, 0) is 4.79 Å². The fourth-order valence-electron chi connectivity index (χ4n) is 2.44. The highest BCUT2D eigenvalue weighted by Gasteiger charge is 2.10. The molecule has 0 aliphatic rings. The first-order valence-electron chi connectivity index (χ1n) is 9.73. The average molecular weight is 402 g/mol. The number of carboxylic acid groups (broad SMARTS) is 1. The van der Waals surface area contributed by atoms with Crippen molar-refractivity contribution < 1.29 is 14.7 Å². The summed E-state index contributed by atoms with van der Waals surface area (Å²) in [4.78, 5) is 29.3. The number of amidine groups is 1. The number of carbonyl (C=O) groups excluding carboxylic acids is 1. The van der Waals surface area contributed by atoms with Crippen LogP contribution in [0.5, 0.6) is 0 Å². The Morgan fingerprint density at radius 2 is 2.00 bits per heavy atom. The average Bonchev–Trinajstić information content (AvgIpc) is 2.67. The lowest BCUT2D eigenvalue weighted by Crippen LogP contribution is -2.28. The molecule has 0 saturated carbocycles. The zero-order valence-electron chi connectivity index (χ0n) is 17.6. The Kier molecular flexibility index (Phi) is 10.9. The van der Waals surface area contributed by atoms with Gasteiger partial charge >= 0.3 is 5.97 Å². The van der Waals surface area contributed by atoms with Gasteiger partial charge in [0.25, 0.3) is 0 Å². The molecule has 0 aliphatic heterocycles. The van der Waals surface area contributed by atoms with E-state index in [-0.39, 0.29) is 11.5 Å². The lowest BCUT2D eigenvalue weighted by molar-refractivity contribution is -0.130. The van der Waals surface area contributed by atoms with Gasteiger partial charge in [-0.3, -0.25) is 9.79 Å². The summed E-state index contributed by atoms with van der Waals surface area (Å²) in [6.07, 6.45) is 5.27. The SMILES string of the molecule is C/C=N/N=C/C(=NCCCCN(C)C(=O)CC(C)C)Nc1cccc(C(=O)O)c1. The van der Waals surface area contributed by atoms with Gasteiger partial charge in [0.2, 0.25) is 5.91 Å². The quantitative estimate of drug-likeness (QED) is 0.256. The van der Waals surface area contributed by atoms with Gasteiger partial charge in [-0.25, -0.2) is 4.79 Å². The number of rotatable bonds is 11. The van der Waals surface area contributed by atoms with E-state index in [0.717, 1.165) is 12.8 Å². The molecule has 0 heterocycles. The maximum atomic E-state index is 12.0. The van der Waals surface area contributed by atoms with Crippen molar-refractivity contribution in [3.63, 3.8) is 0 Å². The van der Waals surface area contributed by atoms with Crippen LogP contribution in [0.1, 0.15) is 50.4 Å². The first-order chi connectivity index (χ1) is 13.8. The molecule has 8 nitrogen and oxygen atoms in total. The number of anilines is 1. The molecule has 1 aromatic carbocycles. The van der Waals surface area contributed by atoms with Crippen LogP contribution >= 0.6 is 0 Å². The van der Waals surface area contributed by atoms with Gasteiger partial charge in [-0.05, 0) is 43.9 Å². The lowest BCUT2D eigenvalue weighted by Gasteiger charge is -2.18. The number of benzene rings is 1. The first kappa shape index (κ1) is 24.0. The molecule has 29 heavy (non-hydrogen) atoms. The number of carboxylic acids is 1. The van der Waals surface area contributed by atoms with Crippen LogP contribution in [0.25, 0.3) is 0 Å². The topological polar surface area (TPSA) is 107 Å².